The zero-order valence-corrected chi connectivity index (χ0v) is 17.6. The van der Waals surface area contributed by atoms with Crippen LogP contribution in [0.1, 0.15) is 90.0 Å². The van der Waals surface area contributed by atoms with Gasteiger partial charge < -0.3 is 0 Å². The third kappa shape index (κ3) is 8.32. The number of rotatable bonds is 15. The van der Waals surface area contributed by atoms with E-state index < -0.39 is 0 Å². The average Bonchev–Trinajstić information content (AvgIpc) is 3.22. The van der Waals surface area contributed by atoms with Gasteiger partial charge in [0, 0.05) is 0 Å². The Labute approximate surface area is 167 Å². The number of nitrogens with zero attached hydrogens (tertiary/aromatic N) is 2. The first kappa shape index (κ1) is 21.7. The predicted octanol–water partition coefficient (Wildman–Crippen LogP) is 7.44. The van der Waals surface area contributed by atoms with Gasteiger partial charge in [0.1, 0.15) is 0 Å². The maximum Gasteiger partial charge on any atom is 0.244 e. The molecule has 148 valence electrons. The van der Waals surface area contributed by atoms with Crippen LogP contribution in [0.5, 0.6) is 0 Å². The summed E-state index contributed by atoms with van der Waals surface area (Å²) in [5, 5.41) is 0. The van der Waals surface area contributed by atoms with E-state index in [0.29, 0.717) is 11.8 Å². The van der Waals surface area contributed by atoms with E-state index in [-0.39, 0.29) is 0 Å². The van der Waals surface area contributed by atoms with Gasteiger partial charge in [0.2, 0.25) is 6.17 Å². The van der Waals surface area contributed by atoms with Crippen LogP contribution < -0.4 is 0 Å². The molecule has 1 aromatic carbocycles. The summed E-state index contributed by atoms with van der Waals surface area (Å²) in [7, 11) is 0. The van der Waals surface area contributed by atoms with Crippen molar-refractivity contribution >= 4 is 12.4 Å². The van der Waals surface area contributed by atoms with E-state index in [9.17, 15) is 0 Å². The Kier molecular flexibility index (Phi) is 10.9. The van der Waals surface area contributed by atoms with E-state index >= 15 is 0 Å². The van der Waals surface area contributed by atoms with Crippen LogP contribution in [0, 0.1) is 18.0 Å². The Hall–Kier alpha value is -1.57. The molecule has 0 amide bonds. The molecule has 0 saturated carbocycles. The van der Waals surface area contributed by atoms with Crippen molar-refractivity contribution in [1.29, 1.82) is 0 Å². The molecular weight excluding hydrogens is 328 g/mol. The lowest BCUT2D eigenvalue weighted by Gasteiger charge is -2.26. The number of unbranched alkanes of at least 4 members (excludes halogenated alkanes) is 7. The van der Waals surface area contributed by atoms with Crippen LogP contribution in [-0.4, -0.2) is 12.4 Å². The van der Waals surface area contributed by atoms with Gasteiger partial charge in [0.15, 0.2) is 12.4 Å². The van der Waals surface area contributed by atoms with Crippen LogP contribution in [0.25, 0.3) is 0 Å². The first-order valence-corrected chi connectivity index (χ1v) is 11.3. The lowest BCUT2D eigenvalue weighted by molar-refractivity contribution is 0.285. The molecule has 0 aliphatic carbocycles. The SMILES string of the molecule is CCCCCCCCC(Cc1ccccc1)C(CCCCC)[C+]1N=CC=N1. The van der Waals surface area contributed by atoms with Crippen molar-refractivity contribution in [3.8, 4) is 0 Å². The summed E-state index contributed by atoms with van der Waals surface area (Å²) in [6.45, 7) is 4.57. The molecule has 0 fully saturated rings. The van der Waals surface area contributed by atoms with Gasteiger partial charge in [-0.2, -0.15) is 0 Å². The molecule has 0 radical (unpaired) electrons. The molecule has 2 unspecified atom stereocenters. The molecule has 0 saturated heterocycles. The van der Waals surface area contributed by atoms with Crippen LogP contribution >= 0.6 is 0 Å². The van der Waals surface area contributed by atoms with Crippen molar-refractivity contribution in [3.05, 3.63) is 42.1 Å². The Morgan fingerprint density at radius 2 is 1.33 bits per heavy atom. The maximum atomic E-state index is 4.62. The van der Waals surface area contributed by atoms with Crippen molar-refractivity contribution in [2.45, 2.75) is 90.9 Å². The lowest BCUT2D eigenvalue weighted by atomic mass is 9.78. The molecule has 0 aromatic heterocycles. The summed E-state index contributed by atoms with van der Waals surface area (Å²) in [5.74, 6) is 1.15. The molecule has 2 nitrogen and oxygen atoms in total. The number of benzene rings is 1. The summed E-state index contributed by atoms with van der Waals surface area (Å²) in [6.07, 6.45) is 20.6. The maximum absolute atomic E-state index is 4.62. The summed E-state index contributed by atoms with van der Waals surface area (Å²) in [4.78, 5) is 9.23. The summed E-state index contributed by atoms with van der Waals surface area (Å²) in [5.41, 5.74) is 1.46. The van der Waals surface area contributed by atoms with Gasteiger partial charge in [-0.3, -0.25) is 0 Å². The van der Waals surface area contributed by atoms with Crippen LogP contribution in [-0.2, 0) is 6.42 Å². The molecule has 0 N–H and O–H groups in total. The molecule has 2 atom stereocenters. The summed E-state index contributed by atoms with van der Waals surface area (Å²) in [6, 6.07) is 11.0. The van der Waals surface area contributed by atoms with E-state index in [1.807, 2.05) is 12.4 Å². The highest BCUT2D eigenvalue weighted by Crippen LogP contribution is 2.36. The topological polar surface area (TPSA) is 24.7 Å². The second-order valence-electron chi connectivity index (χ2n) is 8.02. The molecule has 0 spiro atoms. The van der Waals surface area contributed by atoms with Gasteiger partial charge >= 0.3 is 0 Å². The fourth-order valence-electron chi connectivity index (χ4n) is 4.18. The van der Waals surface area contributed by atoms with Gasteiger partial charge in [-0.05, 0) is 30.7 Å². The third-order valence-electron chi connectivity index (χ3n) is 5.77. The predicted molar refractivity (Wildman–Crippen MR) is 119 cm³/mol. The molecule has 1 aliphatic heterocycles. The van der Waals surface area contributed by atoms with E-state index in [1.165, 1.54) is 76.2 Å². The number of aliphatic imine (C=N–C) groups is 2. The lowest BCUT2D eigenvalue weighted by Crippen LogP contribution is -2.22. The Balaban J connectivity index is 1.99. The quantitative estimate of drug-likeness (QED) is 0.227. The fraction of sp³-hybridized carbons (Fsp3) is 0.640. The van der Waals surface area contributed by atoms with Gasteiger partial charge in [-0.1, -0.05) is 112 Å². The van der Waals surface area contributed by atoms with Gasteiger partial charge in [0.05, 0.1) is 5.92 Å². The first-order chi connectivity index (χ1) is 13.3. The second kappa shape index (κ2) is 13.6. The minimum atomic E-state index is 0.502. The average molecular weight is 368 g/mol. The minimum Gasteiger partial charge on any atom is -0.0965 e. The fourth-order valence-corrected chi connectivity index (χ4v) is 4.18. The van der Waals surface area contributed by atoms with Gasteiger partial charge in [-0.15, -0.1) is 0 Å². The zero-order valence-electron chi connectivity index (χ0n) is 17.6. The Morgan fingerprint density at radius 3 is 2.04 bits per heavy atom. The number of hydrogen-bond acceptors (Lipinski definition) is 2. The van der Waals surface area contributed by atoms with Crippen LogP contribution in [0.4, 0.5) is 0 Å². The third-order valence-corrected chi connectivity index (χ3v) is 5.77. The zero-order chi connectivity index (χ0) is 19.2. The van der Waals surface area contributed by atoms with Crippen molar-refractivity contribution in [2.24, 2.45) is 21.8 Å². The van der Waals surface area contributed by atoms with Crippen molar-refractivity contribution in [2.75, 3.05) is 0 Å². The van der Waals surface area contributed by atoms with Crippen LogP contribution in [0.3, 0.4) is 0 Å². The minimum absolute atomic E-state index is 0.502. The smallest absolute Gasteiger partial charge is 0.0965 e. The normalized spacial score (nSPS) is 15.4. The molecule has 1 heterocycles. The molecule has 2 heteroatoms. The van der Waals surface area contributed by atoms with E-state index in [1.54, 1.807) is 0 Å². The first-order valence-electron chi connectivity index (χ1n) is 11.3. The van der Waals surface area contributed by atoms with Gasteiger partial charge in [0.25, 0.3) is 0 Å². The summed E-state index contributed by atoms with van der Waals surface area (Å²) < 4.78 is 0. The largest absolute Gasteiger partial charge is 0.244 e. The number of hydrogen-bond donors (Lipinski definition) is 0. The summed E-state index contributed by atoms with van der Waals surface area (Å²) >= 11 is 0. The highest BCUT2D eigenvalue weighted by Gasteiger charge is 2.35. The molecule has 1 aliphatic rings. The van der Waals surface area contributed by atoms with Crippen molar-refractivity contribution in [3.63, 3.8) is 0 Å². The van der Waals surface area contributed by atoms with Crippen LogP contribution in [0.15, 0.2) is 40.3 Å². The molecule has 0 bridgehead atoms. The molecule has 1 aromatic rings. The van der Waals surface area contributed by atoms with Crippen molar-refractivity contribution < 1.29 is 0 Å². The molecule has 27 heavy (non-hydrogen) atoms. The van der Waals surface area contributed by atoms with Crippen molar-refractivity contribution in [1.82, 2.24) is 0 Å². The van der Waals surface area contributed by atoms with Gasteiger partial charge in [-0.25, -0.2) is 0 Å². The highest BCUT2D eigenvalue weighted by atomic mass is 15.0. The van der Waals surface area contributed by atoms with E-state index in [2.05, 4.69) is 54.2 Å². The van der Waals surface area contributed by atoms with Crippen LogP contribution in [0.2, 0.25) is 0 Å². The second-order valence-corrected chi connectivity index (χ2v) is 8.02. The monoisotopic (exact) mass is 367 g/mol. The Morgan fingerprint density at radius 1 is 0.741 bits per heavy atom. The standard InChI is InChI=1S/C25H39N2/c1-3-5-7-8-9-14-17-23(21-22-15-12-10-13-16-22)24(18-11-6-4-2)25-26-19-20-27-25/h10,12-13,15-16,19-20,23-24H,3-9,11,14,17-18,21H2,1-2H3/q+1. The molecule has 2 rings (SSSR count). The Bertz CT molecular complexity index is 523. The molecular formula is C25H39N2+. The highest BCUT2D eigenvalue weighted by molar-refractivity contribution is 6.18. The van der Waals surface area contributed by atoms with E-state index in [4.69, 9.17) is 0 Å². The van der Waals surface area contributed by atoms with E-state index in [0.717, 1.165) is 12.6 Å².